The van der Waals surface area contributed by atoms with Gasteiger partial charge in [-0.15, -0.1) is 0 Å². The van der Waals surface area contributed by atoms with Gasteiger partial charge in [-0.1, -0.05) is 36.4 Å². The lowest BCUT2D eigenvalue weighted by Gasteiger charge is -2.25. The number of amides is 1. The minimum atomic E-state index is -3.98. The lowest BCUT2D eigenvalue weighted by molar-refractivity contribution is -0.114. The van der Waals surface area contributed by atoms with Gasteiger partial charge in [-0.2, -0.15) is 0 Å². The highest BCUT2D eigenvalue weighted by atomic mass is 32.2. The number of nitrogens with zero attached hydrogens (tertiary/aromatic N) is 1. The lowest BCUT2D eigenvalue weighted by Crippen LogP contribution is -2.38. The summed E-state index contributed by atoms with van der Waals surface area (Å²) in [6.07, 6.45) is 0.808. The van der Waals surface area contributed by atoms with Crippen LogP contribution in [0.5, 0.6) is 11.5 Å². The quantitative estimate of drug-likeness (QED) is 0.511. The van der Waals surface area contributed by atoms with Gasteiger partial charge in [-0.05, 0) is 50.6 Å². The largest absolute Gasteiger partial charge is 0.492 e. The monoisotopic (exact) mass is 480 g/mol. The van der Waals surface area contributed by atoms with Gasteiger partial charge in [0.2, 0.25) is 5.91 Å². The molecule has 1 N–H and O–H groups in total. The van der Waals surface area contributed by atoms with E-state index in [2.05, 4.69) is 5.32 Å². The molecule has 0 fully saturated rings. The molecule has 0 spiro atoms. The van der Waals surface area contributed by atoms with Gasteiger partial charge in [-0.3, -0.25) is 9.10 Å². The summed E-state index contributed by atoms with van der Waals surface area (Å²) >= 11 is 0. The van der Waals surface area contributed by atoms with Crippen molar-refractivity contribution in [3.8, 4) is 11.5 Å². The standard InChI is InChI=1S/C26H28N2O5S/c1-4-32-25-15-20-14-19(3)33-24(20)16-22(25)27-26(29)17-28(23-13-9-8-10-18(23)2)34(30,31)21-11-6-5-7-12-21/h5-13,15-16,19H,4,14,17H2,1-3H3,(H,27,29)/t19-/m1/s1. The number of aryl methyl sites for hydroxylation is 1. The topological polar surface area (TPSA) is 84.9 Å². The maximum absolute atomic E-state index is 13.5. The molecule has 0 aromatic heterocycles. The van der Waals surface area contributed by atoms with Crippen molar-refractivity contribution in [2.45, 2.75) is 38.2 Å². The van der Waals surface area contributed by atoms with Crippen molar-refractivity contribution < 1.29 is 22.7 Å². The number of carbonyl (C=O) groups is 1. The van der Waals surface area contributed by atoms with Crippen LogP contribution in [0.4, 0.5) is 11.4 Å². The van der Waals surface area contributed by atoms with Crippen LogP contribution in [0.1, 0.15) is 25.0 Å². The highest BCUT2D eigenvalue weighted by Crippen LogP contribution is 2.38. The molecule has 1 atom stereocenters. The van der Waals surface area contributed by atoms with Crippen LogP contribution >= 0.6 is 0 Å². The van der Waals surface area contributed by atoms with Gasteiger partial charge < -0.3 is 14.8 Å². The zero-order valence-corrected chi connectivity index (χ0v) is 20.3. The van der Waals surface area contributed by atoms with E-state index in [1.165, 1.54) is 12.1 Å². The van der Waals surface area contributed by atoms with E-state index in [-0.39, 0.29) is 11.0 Å². The number of rotatable bonds is 8. The number of carbonyl (C=O) groups excluding carboxylic acids is 1. The fraction of sp³-hybridized carbons (Fsp3) is 0.269. The second-order valence-corrected chi connectivity index (χ2v) is 10.0. The normalized spacial score (nSPS) is 14.7. The molecule has 0 saturated heterocycles. The van der Waals surface area contributed by atoms with Gasteiger partial charge in [0.25, 0.3) is 10.0 Å². The van der Waals surface area contributed by atoms with Gasteiger partial charge in [0.1, 0.15) is 24.1 Å². The Bertz CT molecular complexity index is 1290. The molecule has 1 aliphatic heterocycles. The van der Waals surface area contributed by atoms with Gasteiger partial charge >= 0.3 is 0 Å². The molecule has 1 heterocycles. The molecule has 3 aromatic rings. The van der Waals surface area contributed by atoms with Crippen LogP contribution in [-0.4, -0.2) is 33.6 Å². The summed E-state index contributed by atoms with van der Waals surface area (Å²) in [7, 11) is -3.98. The first-order chi connectivity index (χ1) is 16.3. The summed E-state index contributed by atoms with van der Waals surface area (Å²) in [4.78, 5) is 13.3. The Morgan fingerprint density at radius 1 is 1.12 bits per heavy atom. The maximum atomic E-state index is 13.5. The average molecular weight is 481 g/mol. The zero-order valence-electron chi connectivity index (χ0n) is 19.4. The highest BCUT2D eigenvalue weighted by molar-refractivity contribution is 7.92. The SMILES string of the molecule is CCOc1cc2c(cc1NC(=O)CN(c1ccccc1C)S(=O)(=O)c1ccccc1)O[C@H](C)C2. The van der Waals surface area contributed by atoms with E-state index in [1.54, 1.807) is 36.4 Å². The summed E-state index contributed by atoms with van der Waals surface area (Å²) < 4.78 is 39.8. The third-order valence-electron chi connectivity index (χ3n) is 5.57. The van der Waals surface area contributed by atoms with Crippen molar-refractivity contribution in [3.05, 3.63) is 77.9 Å². The molecule has 1 aliphatic rings. The number of hydrogen-bond donors (Lipinski definition) is 1. The van der Waals surface area contributed by atoms with Crippen LogP contribution in [0.25, 0.3) is 0 Å². The van der Waals surface area contributed by atoms with Gasteiger partial charge in [0.05, 0.1) is 22.9 Å². The predicted molar refractivity (Wildman–Crippen MR) is 132 cm³/mol. The summed E-state index contributed by atoms with van der Waals surface area (Å²) in [6.45, 7) is 5.68. The number of ether oxygens (including phenoxy) is 2. The number of fused-ring (bicyclic) bond motifs is 1. The summed E-state index contributed by atoms with van der Waals surface area (Å²) in [5, 5.41) is 2.83. The number of sulfonamides is 1. The second-order valence-electron chi connectivity index (χ2n) is 8.18. The van der Waals surface area contributed by atoms with Crippen molar-refractivity contribution in [2.24, 2.45) is 0 Å². The molecule has 0 aliphatic carbocycles. The molecule has 0 bridgehead atoms. The number of hydrogen-bond acceptors (Lipinski definition) is 5. The van der Waals surface area contributed by atoms with Crippen molar-refractivity contribution in [1.29, 1.82) is 0 Å². The molecule has 4 rings (SSSR count). The van der Waals surface area contributed by atoms with E-state index in [0.717, 1.165) is 21.9 Å². The molecule has 0 radical (unpaired) electrons. The third-order valence-corrected chi connectivity index (χ3v) is 7.35. The molecule has 0 saturated carbocycles. The molecule has 8 heteroatoms. The van der Waals surface area contributed by atoms with E-state index < -0.39 is 22.5 Å². The van der Waals surface area contributed by atoms with Crippen molar-refractivity contribution in [1.82, 2.24) is 0 Å². The minimum absolute atomic E-state index is 0.0444. The number of anilines is 2. The summed E-state index contributed by atoms with van der Waals surface area (Å²) in [5.74, 6) is 0.731. The van der Waals surface area contributed by atoms with Crippen molar-refractivity contribution in [3.63, 3.8) is 0 Å². The molecule has 0 unspecified atom stereocenters. The molecule has 34 heavy (non-hydrogen) atoms. The molecular weight excluding hydrogens is 452 g/mol. The lowest BCUT2D eigenvalue weighted by atomic mass is 10.1. The Kier molecular flexibility index (Phi) is 6.79. The molecular formula is C26H28N2O5S. The first kappa shape index (κ1) is 23.6. The van der Waals surface area contributed by atoms with E-state index >= 15 is 0 Å². The van der Waals surface area contributed by atoms with Crippen LogP contribution in [0.15, 0.2) is 71.6 Å². The minimum Gasteiger partial charge on any atom is -0.492 e. The smallest absolute Gasteiger partial charge is 0.264 e. The summed E-state index contributed by atoms with van der Waals surface area (Å²) in [5.41, 5.74) is 2.64. The second kappa shape index (κ2) is 9.77. The van der Waals surface area contributed by atoms with Crippen LogP contribution in [-0.2, 0) is 21.2 Å². The first-order valence-corrected chi connectivity index (χ1v) is 12.6. The van der Waals surface area contributed by atoms with Crippen molar-refractivity contribution in [2.75, 3.05) is 22.8 Å². The van der Waals surface area contributed by atoms with Crippen LogP contribution < -0.4 is 19.1 Å². The molecule has 178 valence electrons. The van der Waals surface area contributed by atoms with Crippen LogP contribution in [0.2, 0.25) is 0 Å². The average Bonchev–Trinajstić information content (AvgIpc) is 3.17. The Morgan fingerprint density at radius 2 is 1.82 bits per heavy atom. The van der Waals surface area contributed by atoms with E-state index in [1.807, 2.05) is 39.0 Å². The number of benzene rings is 3. The summed E-state index contributed by atoms with van der Waals surface area (Å²) in [6, 6.07) is 18.8. The van der Waals surface area contributed by atoms with Gasteiger partial charge in [-0.25, -0.2) is 8.42 Å². The van der Waals surface area contributed by atoms with Crippen molar-refractivity contribution >= 4 is 27.3 Å². The highest BCUT2D eigenvalue weighted by Gasteiger charge is 2.29. The van der Waals surface area contributed by atoms with Crippen LogP contribution in [0.3, 0.4) is 0 Å². The maximum Gasteiger partial charge on any atom is 0.264 e. The Morgan fingerprint density at radius 3 is 2.53 bits per heavy atom. The third kappa shape index (κ3) is 4.87. The Balaban J connectivity index is 1.66. The van der Waals surface area contributed by atoms with Gasteiger partial charge in [0.15, 0.2) is 0 Å². The number of para-hydroxylation sites is 1. The van der Waals surface area contributed by atoms with Gasteiger partial charge in [0, 0.05) is 18.1 Å². The zero-order chi connectivity index (χ0) is 24.3. The fourth-order valence-electron chi connectivity index (χ4n) is 3.99. The van der Waals surface area contributed by atoms with E-state index in [9.17, 15) is 13.2 Å². The van der Waals surface area contributed by atoms with Crippen LogP contribution in [0, 0.1) is 6.92 Å². The molecule has 7 nitrogen and oxygen atoms in total. The molecule has 3 aromatic carbocycles. The Hall–Kier alpha value is -3.52. The predicted octanol–water partition coefficient (Wildman–Crippen LogP) is 4.55. The Labute approximate surface area is 200 Å². The molecule has 1 amide bonds. The van der Waals surface area contributed by atoms with E-state index in [4.69, 9.17) is 9.47 Å². The fourth-order valence-corrected chi connectivity index (χ4v) is 5.50. The first-order valence-electron chi connectivity index (χ1n) is 11.2. The number of nitrogens with one attached hydrogen (secondary N) is 1. The van der Waals surface area contributed by atoms with E-state index in [0.29, 0.717) is 29.5 Å².